The van der Waals surface area contributed by atoms with Crippen molar-refractivity contribution in [3.8, 4) is 0 Å². The summed E-state index contributed by atoms with van der Waals surface area (Å²) in [5.41, 5.74) is 18.2. The zero-order valence-electron chi connectivity index (χ0n) is 20.0. The summed E-state index contributed by atoms with van der Waals surface area (Å²) >= 11 is 0. The molecule has 7 nitrogen and oxygen atoms in total. The van der Waals surface area contributed by atoms with E-state index in [9.17, 15) is 4.79 Å². The molecule has 34 heavy (non-hydrogen) atoms. The number of aryl methyl sites for hydroxylation is 2. The van der Waals surface area contributed by atoms with E-state index in [1.807, 2.05) is 0 Å². The summed E-state index contributed by atoms with van der Waals surface area (Å²) in [5, 5.41) is 1.04. The molecular formula is C27H33N5O2. The van der Waals surface area contributed by atoms with Gasteiger partial charge >= 0.3 is 5.97 Å². The van der Waals surface area contributed by atoms with E-state index in [2.05, 4.69) is 58.9 Å². The second kappa shape index (κ2) is 10.7. The molecule has 7 heteroatoms. The van der Waals surface area contributed by atoms with Crippen molar-refractivity contribution in [1.29, 1.82) is 0 Å². The summed E-state index contributed by atoms with van der Waals surface area (Å²) in [6, 6.07) is 14.7. The maximum Gasteiger partial charge on any atom is 0.305 e. The Kier molecular flexibility index (Phi) is 7.43. The summed E-state index contributed by atoms with van der Waals surface area (Å²) < 4.78 is 7.04. The third kappa shape index (κ3) is 5.04. The largest absolute Gasteiger partial charge is 0.469 e. The number of nitrogens with two attached hydrogens (primary N) is 2. The number of carbonyl (C=O) groups excluding carboxylic acids is 1. The van der Waals surface area contributed by atoms with Gasteiger partial charge in [-0.3, -0.25) is 4.79 Å². The van der Waals surface area contributed by atoms with Crippen molar-refractivity contribution < 1.29 is 9.53 Å². The van der Waals surface area contributed by atoms with E-state index in [0.717, 1.165) is 71.0 Å². The number of nitrogen functional groups attached to an aromatic ring is 1. The number of carbonyl (C=O) groups is 1. The lowest BCUT2D eigenvalue weighted by Gasteiger charge is -2.12. The first kappa shape index (κ1) is 23.7. The van der Waals surface area contributed by atoms with Gasteiger partial charge in [-0.15, -0.1) is 0 Å². The Morgan fingerprint density at radius 3 is 2.44 bits per heavy atom. The maximum absolute atomic E-state index is 11.4. The first-order valence-corrected chi connectivity index (χ1v) is 12.0. The van der Waals surface area contributed by atoms with Gasteiger partial charge in [0.05, 0.1) is 18.1 Å². The zero-order valence-corrected chi connectivity index (χ0v) is 20.0. The molecule has 0 aliphatic carbocycles. The lowest BCUT2D eigenvalue weighted by molar-refractivity contribution is -0.140. The van der Waals surface area contributed by atoms with Gasteiger partial charge in [-0.25, -0.2) is 9.97 Å². The van der Waals surface area contributed by atoms with E-state index >= 15 is 0 Å². The van der Waals surface area contributed by atoms with Crippen molar-refractivity contribution in [2.24, 2.45) is 5.73 Å². The van der Waals surface area contributed by atoms with Crippen LogP contribution in [0.4, 0.5) is 5.82 Å². The molecule has 0 spiro atoms. The number of imidazole rings is 1. The molecule has 2 aromatic heterocycles. The second-order valence-corrected chi connectivity index (χ2v) is 8.71. The number of unbranched alkanes of at least 4 members (excludes halogenated alkanes) is 1. The van der Waals surface area contributed by atoms with Gasteiger partial charge in [0.25, 0.3) is 0 Å². The van der Waals surface area contributed by atoms with Gasteiger partial charge in [0, 0.05) is 31.3 Å². The Morgan fingerprint density at radius 2 is 1.74 bits per heavy atom. The molecule has 0 bridgehead atoms. The fraction of sp³-hybridized carbons (Fsp3) is 0.370. The Bertz CT molecular complexity index is 1290. The molecule has 2 heterocycles. The van der Waals surface area contributed by atoms with Crippen LogP contribution in [0.15, 0.2) is 42.5 Å². The number of hydrogen-bond donors (Lipinski definition) is 2. The highest BCUT2D eigenvalue weighted by atomic mass is 16.5. The summed E-state index contributed by atoms with van der Waals surface area (Å²) in [5.74, 6) is 1.29. The van der Waals surface area contributed by atoms with Gasteiger partial charge < -0.3 is 20.8 Å². The minimum atomic E-state index is -0.187. The lowest BCUT2D eigenvalue weighted by Crippen LogP contribution is -2.06. The molecule has 4 N–H and O–H groups in total. The predicted octanol–water partition coefficient (Wildman–Crippen LogP) is 4.51. The number of ether oxygens (including phenoxy) is 1. The van der Waals surface area contributed by atoms with Crippen molar-refractivity contribution in [3.05, 3.63) is 65.0 Å². The molecule has 2 aromatic carbocycles. The third-order valence-corrected chi connectivity index (χ3v) is 6.27. The minimum Gasteiger partial charge on any atom is -0.469 e. The van der Waals surface area contributed by atoms with Gasteiger partial charge in [-0.2, -0.15) is 0 Å². The van der Waals surface area contributed by atoms with Gasteiger partial charge in [0.15, 0.2) is 5.82 Å². The fourth-order valence-electron chi connectivity index (χ4n) is 4.36. The Labute approximate surface area is 200 Å². The molecule has 0 unspecified atom stereocenters. The highest BCUT2D eigenvalue weighted by Gasteiger charge is 2.18. The average molecular weight is 460 g/mol. The van der Waals surface area contributed by atoms with Crippen LogP contribution >= 0.6 is 0 Å². The molecule has 0 atom stereocenters. The van der Waals surface area contributed by atoms with Crippen LogP contribution < -0.4 is 11.5 Å². The number of hydrogen-bond acceptors (Lipinski definition) is 6. The highest BCUT2D eigenvalue weighted by molar-refractivity contribution is 6.06. The minimum absolute atomic E-state index is 0.187. The Balaban J connectivity index is 1.76. The topological polar surface area (TPSA) is 109 Å². The first-order chi connectivity index (χ1) is 16.5. The van der Waals surface area contributed by atoms with E-state index in [-0.39, 0.29) is 5.97 Å². The van der Waals surface area contributed by atoms with E-state index in [1.165, 1.54) is 12.7 Å². The zero-order chi connectivity index (χ0) is 24.1. The number of pyridine rings is 1. The number of methoxy groups -OCH3 is 1. The number of rotatable bonds is 10. The van der Waals surface area contributed by atoms with E-state index in [4.69, 9.17) is 21.2 Å². The van der Waals surface area contributed by atoms with Crippen LogP contribution in [-0.4, -0.2) is 27.6 Å². The van der Waals surface area contributed by atoms with Crippen LogP contribution in [0, 0.1) is 0 Å². The van der Waals surface area contributed by atoms with Crippen molar-refractivity contribution in [1.82, 2.24) is 14.5 Å². The van der Waals surface area contributed by atoms with Gasteiger partial charge in [-0.1, -0.05) is 49.7 Å². The molecule has 0 fully saturated rings. The number of benzene rings is 2. The molecule has 0 aliphatic rings. The molecule has 4 aromatic rings. The quantitative estimate of drug-likeness (QED) is 0.338. The van der Waals surface area contributed by atoms with Crippen molar-refractivity contribution >= 4 is 33.7 Å². The average Bonchev–Trinajstić information content (AvgIpc) is 3.21. The first-order valence-electron chi connectivity index (χ1n) is 12.0. The normalized spacial score (nSPS) is 11.4. The second-order valence-electron chi connectivity index (χ2n) is 8.71. The number of anilines is 1. The SMILES string of the molecule is CCCCc1nc2c(N)nc3cc(CCCC(=O)OC)ccc3c2n1Cc1ccc(CN)cc1. The standard InChI is InChI=1S/C27H33N5O2/c1-3-4-7-23-31-25-26(32(23)17-20-11-9-19(16-28)10-12-20)21-14-13-18(6-5-8-24(33)34-2)15-22(21)30-27(25)29/h9-15H,3-8,16-17,28H2,1-2H3,(H2,29,30). The van der Waals surface area contributed by atoms with Crippen molar-refractivity contribution in [2.75, 3.05) is 12.8 Å². The van der Waals surface area contributed by atoms with Gasteiger partial charge in [-0.05, 0) is 42.0 Å². The third-order valence-electron chi connectivity index (χ3n) is 6.27. The van der Waals surface area contributed by atoms with E-state index < -0.39 is 0 Å². The molecule has 0 amide bonds. The summed E-state index contributed by atoms with van der Waals surface area (Å²) in [4.78, 5) is 21.1. The summed E-state index contributed by atoms with van der Waals surface area (Å²) in [6.45, 7) is 3.43. The molecule has 0 saturated heterocycles. The highest BCUT2D eigenvalue weighted by Crippen LogP contribution is 2.31. The van der Waals surface area contributed by atoms with Crippen LogP contribution in [0.3, 0.4) is 0 Å². The van der Waals surface area contributed by atoms with E-state index in [0.29, 0.717) is 25.3 Å². The molecule has 4 rings (SSSR count). The van der Waals surface area contributed by atoms with E-state index in [1.54, 1.807) is 0 Å². The van der Waals surface area contributed by atoms with Crippen LogP contribution in [0.2, 0.25) is 0 Å². The monoisotopic (exact) mass is 459 g/mol. The number of aromatic nitrogens is 3. The van der Waals surface area contributed by atoms with Crippen molar-refractivity contribution in [2.45, 2.75) is 58.5 Å². The van der Waals surface area contributed by atoms with Gasteiger partial charge in [0.1, 0.15) is 11.3 Å². The summed E-state index contributed by atoms with van der Waals surface area (Å²) in [6.07, 6.45) is 4.95. The number of esters is 1. The maximum atomic E-state index is 11.4. The predicted molar refractivity (Wildman–Crippen MR) is 136 cm³/mol. The molecule has 0 aliphatic heterocycles. The smallest absolute Gasteiger partial charge is 0.305 e. The Morgan fingerprint density at radius 1 is 1.00 bits per heavy atom. The molecule has 0 saturated carbocycles. The summed E-state index contributed by atoms with van der Waals surface area (Å²) in [7, 11) is 1.42. The number of fused-ring (bicyclic) bond motifs is 3. The van der Waals surface area contributed by atoms with Crippen molar-refractivity contribution in [3.63, 3.8) is 0 Å². The van der Waals surface area contributed by atoms with Gasteiger partial charge in [0.2, 0.25) is 0 Å². The van der Waals surface area contributed by atoms with Crippen LogP contribution in [-0.2, 0) is 35.5 Å². The van der Waals surface area contributed by atoms with Crippen LogP contribution in [0.5, 0.6) is 0 Å². The molecular weight excluding hydrogens is 426 g/mol. The lowest BCUT2D eigenvalue weighted by atomic mass is 10.0. The molecule has 178 valence electrons. The Hall–Kier alpha value is -3.45. The van der Waals surface area contributed by atoms with Crippen LogP contribution in [0.25, 0.3) is 21.9 Å². The van der Waals surface area contributed by atoms with Crippen LogP contribution in [0.1, 0.15) is 55.1 Å². The number of nitrogens with zero attached hydrogens (tertiary/aromatic N) is 3. The fourth-order valence-corrected chi connectivity index (χ4v) is 4.36. The molecule has 0 radical (unpaired) electrons.